The quantitative estimate of drug-likeness (QED) is 0.750. The standard InChI is InChI=1S/C18H29NO2/c1-18(2,11-12-19-15-5-6-15)10-9-14-13-16(20-3)7-8-17(14)21-4/h7-8,13,15,19H,5-6,9-12H2,1-4H3. The van der Waals surface area contributed by atoms with E-state index in [9.17, 15) is 0 Å². The van der Waals surface area contributed by atoms with Crippen molar-refractivity contribution >= 4 is 0 Å². The van der Waals surface area contributed by atoms with Gasteiger partial charge in [0.2, 0.25) is 0 Å². The molecular formula is C18H29NO2. The average Bonchev–Trinajstić information content (AvgIpc) is 3.29. The van der Waals surface area contributed by atoms with Gasteiger partial charge in [0.1, 0.15) is 11.5 Å². The summed E-state index contributed by atoms with van der Waals surface area (Å²) in [5.74, 6) is 1.86. The molecule has 1 aliphatic rings. The fraction of sp³-hybridized carbons (Fsp3) is 0.667. The highest BCUT2D eigenvalue weighted by Crippen LogP contribution is 2.31. The van der Waals surface area contributed by atoms with Crippen LogP contribution >= 0.6 is 0 Å². The van der Waals surface area contributed by atoms with Gasteiger partial charge in [0.05, 0.1) is 14.2 Å². The summed E-state index contributed by atoms with van der Waals surface area (Å²) in [6, 6.07) is 6.85. The Kier molecular flexibility index (Phi) is 5.51. The minimum Gasteiger partial charge on any atom is -0.497 e. The summed E-state index contributed by atoms with van der Waals surface area (Å²) in [4.78, 5) is 0. The van der Waals surface area contributed by atoms with Crippen LogP contribution in [0.15, 0.2) is 18.2 Å². The van der Waals surface area contributed by atoms with Gasteiger partial charge in [-0.05, 0) is 67.8 Å². The first-order valence-electron chi connectivity index (χ1n) is 7.98. The van der Waals surface area contributed by atoms with Gasteiger partial charge < -0.3 is 14.8 Å². The number of benzene rings is 1. The number of hydrogen-bond donors (Lipinski definition) is 1. The zero-order valence-electron chi connectivity index (χ0n) is 13.9. The zero-order valence-corrected chi connectivity index (χ0v) is 13.9. The summed E-state index contributed by atoms with van der Waals surface area (Å²) in [5.41, 5.74) is 1.58. The summed E-state index contributed by atoms with van der Waals surface area (Å²) in [7, 11) is 3.44. The molecule has 0 amide bonds. The van der Waals surface area contributed by atoms with Gasteiger partial charge in [0.25, 0.3) is 0 Å². The molecule has 1 fully saturated rings. The summed E-state index contributed by atoms with van der Waals surface area (Å²) in [6.45, 7) is 5.84. The Morgan fingerprint density at radius 2 is 1.90 bits per heavy atom. The van der Waals surface area contributed by atoms with E-state index < -0.39 is 0 Å². The molecule has 21 heavy (non-hydrogen) atoms. The second-order valence-electron chi connectivity index (χ2n) is 6.82. The van der Waals surface area contributed by atoms with Crippen LogP contribution in [0.4, 0.5) is 0 Å². The molecule has 118 valence electrons. The van der Waals surface area contributed by atoms with E-state index in [2.05, 4.69) is 25.2 Å². The highest BCUT2D eigenvalue weighted by Gasteiger charge is 2.23. The van der Waals surface area contributed by atoms with Crippen molar-refractivity contribution in [2.45, 2.75) is 52.0 Å². The van der Waals surface area contributed by atoms with E-state index in [0.29, 0.717) is 5.41 Å². The van der Waals surface area contributed by atoms with E-state index in [-0.39, 0.29) is 0 Å². The van der Waals surface area contributed by atoms with Gasteiger partial charge in [-0.2, -0.15) is 0 Å². The van der Waals surface area contributed by atoms with E-state index in [1.165, 1.54) is 24.8 Å². The second kappa shape index (κ2) is 7.17. The number of hydrogen-bond acceptors (Lipinski definition) is 3. The summed E-state index contributed by atoms with van der Waals surface area (Å²) < 4.78 is 10.8. The summed E-state index contributed by atoms with van der Waals surface area (Å²) >= 11 is 0. The first-order chi connectivity index (χ1) is 10.0. The lowest BCUT2D eigenvalue weighted by Gasteiger charge is -2.25. The van der Waals surface area contributed by atoms with E-state index in [4.69, 9.17) is 9.47 Å². The monoisotopic (exact) mass is 291 g/mol. The molecule has 0 saturated heterocycles. The maximum atomic E-state index is 5.46. The molecule has 0 atom stereocenters. The van der Waals surface area contributed by atoms with Crippen LogP contribution in [0.5, 0.6) is 11.5 Å². The fourth-order valence-corrected chi connectivity index (χ4v) is 2.58. The van der Waals surface area contributed by atoms with Crippen molar-refractivity contribution in [3.63, 3.8) is 0 Å². The average molecular weight is 291 g/mol. The Hall–Kier alpha value is -1.22. The first-order valence-corrected chi connectivity index (χ1v) is 7.98. The first kappa shape index (κ1) is 16.2. The third kappa shape index (κ3) is 5.24. The van der Waals surface area contributed by atoms with Crippen LogP contribution in [0.25, 0.3) is 0 Å². The molecule has 0 aliphatic heterocycles. The van der Waals surface area contributed by atoms with Crippen LogP contribution in [0.1, 0.15) is 45.1 Å². The van der Waals surface area contributed by atoms with Gasteiger partial charge in [-0.15, -0.1) is 0 Å². The van der Waals surface area contributed by atoms with E-state index in [1.54, 1.807) is 14.2 Å². The third-order valence-corrected chi connectivity index (χ3v) is 4.37. The normalized spacial score (nSPS) is 15.0. The number of aryl methyl sites for hydroxylation is 1. The summed E-state index contributed by atoms with van der Waals surface area (Å²) in [5, 5.41) is 3.61. The highest BCUT2D eigenvalue weighted by molar-refractivity contribution is 5.40. The highest BCUT2D eigenvalue weighted by atomic mass is 16.5. The van der Waals surface area contributed by atoms with Crippen molar-refractivity contribution in [1.29, 1.82) is 0 Å². The number of rotatable bonds is 9. The van der Waals surface area contributed by atoms with Crippen molar-refractivity contribution in [1.82, 2.24) is 5.32 Å². The molecule has 0 spiro atoms. The van der Waals surface area contributed by atoms with Crippen LogP contribution in [-0.2, 0) is 6.42 Å². The largest absolute Gasteiger partial charge is 0.497 e. The van der Waals surface area contributed by atoms with Crippen LogP contribution in [0.2, 0.25) is 0 Å². The molecule has 2 rings (SSSR count). The molecule has 1 aromatic carbocycles. The Balaban J connectivity index is 1.87. The van der Waals surface area contributed by atoms with Crippen LogP contribution in [0, 0.1) is 5.41 Å². The van der Waals surface area contributed by atoms with E-state index in [1.807, 2.05) is 12.1 Å². The van der Waals surface area contributed by atoms with Gasteiger partial charge in [0, 0.05) is 6.04 Å². The topological polar surface area (TPSA) is 30.5 Å². The Morgan fingerprint density at radius 3 is 2.52 bits per heavy atom. The minimum atomic E-state index is 0.343. The predicted octanol–water partition coefficient (Wildman–Crippen LogP) is 3.80. The molecule has 1 aliphatic carbocycles. The molecule has 1 aromatic rings. The van der Waals surface area contributed by atoms with E-state index in [0.717, 1.165) is 36.9 Å². The van der Waals surface area contributed by atoms with Gasteiger partial charge in [-0.3, -0.25) is 0 Å². The lowest BCUT2D eigenvalue weighted by molar-refractivity contribution is 0.299. The van der Waals surface area contributed by atoms with Crippen LogP contribution in [-0.4, -0.2) is 26.8 Å². The number of methoxy groups -OCH3 is 2. The molecule has 1 saturated carbocycles. The maximum absolute atomic E-state index is 5.46. The molecule has 3 nitrogen and oxygen atoms in total. The van der Waals surface area contributed by atoms with Gasteiger partial charge >= 0.3 is 0 Å². The van der Waals surface area contributed by atoms with Crippen LogP contribution in [0.3, 0.4) is 0 Å². The molecule has 1 N–H and O–H groups in total. The third-order valence-electron chi connectivity index (χ3n) is 4.37. The van der Waals surface area contributed by atoms with Crippen molar-refractivity contribution < 1.29 is 9.47 Å². The van der Waals surface area contributed by atoms with Crippen molar-refractivity contribution in [2.75, 3.05) is 20.8 Å². The van der Waals surface area contributed by atoms with Gasteiger partial charge in [-0.25, -0.2) is 0 Å². The van der Waals surface area contributed by atoms with Gasteiger partial charge in [0.15, 0.2) is 0 Å². The Morgan fingerprint density at radius 1 is 1.14 bits per heavy atom. The number of ether oxygens (including phenoxy) is 2. The molecular weight excluding hydrogens is 262 g/mol. The molecule has 0 radical (unpaired) electrons. The second-order valence-corrected chi connectivity index (χ2v) is 6.82. The molecule has 0 bridgehead atoms. The van der Waals surface area contributed by atoms with Crippen molar-refractivity contribution in [3.8, 4) is 11.5 Å². The lowest BCUT2D eigenvalue weighted by atomic mass is 9.83. The zero-order chi connectivity index (χ0) is 15.3. The summed E-state index contributed by atoms with van der Waals surface area (Å²) in [6.07, 6.45) is 6.12. The lowest BCUT2D eigenvalue weighted by Crippen LogP contribution is -2.24. The molecule has 0 aromatic heterocycles. The maximum Gasteiger partial charge on any atom is 0.122 e. The Labute approximate surface area is 129 Å². The fourth-order valence-electron chi connectivity index (χ4n) is 2.58. The SMILES string of the molecule is COc1ccc(OC)c(CCC(C)(C)CCNC2CC2)c1. The smallest absolute Gasteiger partial charge is 0.122 e. The van der Waals surface area contributed by atoms with Crippen LogP contribution < -0.4 is 14.8 Å². The molecule has 3 heteroatoms. The molecule has 0 unspecified atom stereocenters. The van der Waals surface area contributed by atoms with Gasteiger partial charge in [-0.1, -0.05) is 13.8 Å². The predicted molar refractivity (Wildman–Crippen MR) is 87.3 cm³/mol. The minimum absolute atomic E-state index is 0.343. The van der Waals surface area contributed by atoms with E-state index >= 15 is 0 Å². The van der Waals surface area contributed by atoms with Crippen molar-refractivity contribution in [3.05, 3.63) is 23.8 Å². The number of nitrogens with one attached hydrogen (secondary N) is 1. The molecule has 0 heterocycles. The Bertz CT molecular complexity index is 453. The van der Waals surface area contributed by atoms with Crippen molar-refractivity contribution in [2.24, 2.45) is 5.41 Å².